The van der Waals surface area contributed by atoms with E-state index in [4.69, 9.17) is 5.11 Å². The molecular weight excluding hydrogens is 138 g/mol. The van der Waals surface area contributed by atoms with E-state index in [-0.39, 0.29) is 0 Å². The van der Waals surface area contributed by atoms with Crippen LogP contribution in [0.15, 0.2) is 0 Å². The van der Waals surface area contributed by atoms with Crippen molar-refractivity contribution >= 4 is 0 Å². The summed E-state index contributed by atoms with van der Waals surface area (Å²) >= 11 is 0. The van der Waals surface area contributed by atoms with Gasteiger partial charge in [0, 0.05) is 6.61 Å². The highest BCUT2D eigenvalue weighted by Crippen LogP contribution is 2.23. The molecule has 0 spiro atoms. The fourth-order valence-corrected chi connectivity index (χ4v) is 1.93. The number of nitrogens with one attached hydrogen (secondary N) is 1. The summed E-state index contributed by atoms with van der Waals surface area (Å²) in [5.41, 5.74) is 0. The largest absolute Gasteiger partial charge is 0.396 e. The van der Waals surface area contributed by atoms with Gasteiger partial charge < -0.3 is 10.4 Å². The first-order valence-electron chi connectivity index (χ1n) is 4.70. The van der Waals surface area contributed by atoms with Gasteiger partial charge in [-0.15, -0.1) is 0 Å². The van der Waals surface area contributed by atoms with Gasteiger partial charge in [0.25, 0.3) is 0 Å². The van der Waals surface area contributed by atoms with E-state index in [9.17, 15) is 0 Å². The zero-order chi connectivity index (χ0) is 8.10. The van der Waals surface area contributed by atoms with Gasteiger partial charge in [-0.05, 0) is 37.8 Å². The molecule has 0 radical (unpaired) electrons. The molecule has 0 amide bonds. The molecule has 0 aromatic carbocycles. The predicted molar refractivity (Wildman–Crippen MR) is 46.5 cm³/mol. The smallest absolute Gasteiger partial charge is 0.0461 e. The molecule has 0 aromatic heterocycles. The Kier molecular flexibility index (Phi) is 3.87. The normalized spacial score (nSPS) is 23.5. The molecule has 1 fully saturated rings. The van der Waals surface area contributed by atoms with Crippen molar-refractivity contribution in [1.29, 1.82) is 0 Å². The Morgan fingerprint density at radius 1 is 1.45 bits per heavy atom. The van der Waals surface area contributed by atoms with Gasteiger partial charge in [-0.25, -0.2) is 0 Å². The van der Waals surface area contributed by atoms with Crippen molar-refractivity contribution < 1.29 is 5.11 Å². The summed E-state index contributed by atoms with van der Waals surface area (Å²) < 4.78 is 0. The highest BCUT2D eigenvalue weighted by atomic mass is 16.3. The fraction of sp³-hybridized carbons (Fsp3) is 1.00. The maximum Gasteiger partial charge on any atom is 0.0461 e. The maximum atomic E-state index is 9.06. The van der Waals surface area contributed by atoms with Crippen LogP contribution in [0.4, 0.5) is 0 Å². The van der Waals surface area contributed by atoms with Gasteiger partial charge in [0.2, 0.25) is 0 Å². The second-order valence-corrected chi connectivity index (χ2v) is 3.44. The summed E-state index contributed by atoms with van der Waals surface area (Å²) in [6, 6.07) is 0. The molecule has 1 saturated heterocycles. The standard InChI is InChI=1S/C9H19NO/c1-2-8(7-11)9-3-5-10-6-4-9/h8-11H,2-7H2,1H3. The van der Waals surface area contributed by atoms with Crippen molar-refractivity contribution in [3.8, 4) is 0 Å². The van der Waals surface area contributed by atoms with Crippen LogP contribution in [0.5, 0.6) is 0 Å². The van der Waals surface area contributed by atoms with Gasteiger partial charge in [0.1, 0.15) is 0 Å². The van der Waals surface area contributed by atoms with Gasteiger partial charge in [-0.3, -0.25) is 0 Å². The number of hydrogen-bond acceptors (Lipinski definition) is 2. The molecule has 1 aliphatic heterocycles. The third-order valence-corrected chi connectivity index (χ3v) is 2.81. The molecule has 2 N–H and O–H groups in total. The second kappa shape index (κ2) is 4.73. The van der Waals surface area contributed by atoms with Crippen molar-refractivity contribution in [2.45, 2.75) is 26.2 Å². The quantitative estimate of drug-likeness (QED) is 0.640. The number of aliphatic hydroxyl groups excluding tert-OH is 1. The fourth-order valence-electron chi connectivity index (χ4n) is 1.93. The average Bonchev–Trinajstić information content (AvgIpc) is 2.09. The lowest BCUT2D eigenvalue weighted by molar-refractivity contribution is 0.148. The Balaban J connectivity index is 2.30. The van der Waals surface area contributed by atoms with E-state index in [1.807, 2.05) is 0 Å². The first kappa shape index (κ1) is 9.01. The first-order valence-corrected chi connectivity index (χ1v) is 4.70. The SMILES string of the molecule is CCC(CO)C1CCNCC1. The third kappa shape index (κ3) is 2.46. The van der Waals surface area contributed by atoms with Crippen molar-refractivity contribution in [3.63, 3.8) is 0 Å². The Morgan fingerprint density at radius 3 is 2.55 bits per heavy atom. The predicted octanol–water partition coefficient (Wildman–Crippen LogP) is 1.00. The van der Waals surface area contributed by atoms with Gasteiger partial charge in [0.05, 0.1) is 0 Å². The molecule has 0 aromatic rings. The number of aliphatic hydroxyl groups is 1. The Hall–Kier alpha value is -0.0800. The molecule has 1 rings (SSSR count). The van der Waals surface area contributed by atoms with Crippen molar-refractivity contribution in [1.82, 2.24) is 5.32 Å². The minimum atomic E-state index is 0.376. The van der Waals surface area contributed by atoms with Crippen molar-refractivity contribution in [2.24, 2.45) is 11.8 Å². The first-order chi connectivity index (χ1) is 5.38. The highest BCUT2D eigenvalue weighted by Gasteiger charge is 2.20. The number of piperidine rings is 1. The van der Waals surface area contributed by atoms with Crippen LogP contribution >= 0.6 is 0 Å². The number of rotatable bonds is 3. The van der Waals surface area contributed by atoms with Gasteiger partial charge in [-0.1, -0.05) is 13.3 Å². The Bertz CT molecular complexity index is 95.7. The molecule has 66 valence electrons. The number of hydrogen-bond donors (Lipinski definition) is 2. The lowest BCUT2D eigenvalue weighted by Crippen LogP contribution is -2.32. The molecule has 1 aliphatic rings. The molecule has 0 bridgehead atoms. The average molecular weight is 157 g/mol. The zero-order valence-electron chi connectivity index (χ0n) is 7.34. The zero-order valence-corrected chi connectivity index (χ0v) is 7.34. The van der Waals surface area contributed by atoms with Gasteiger partial charge in [-0.2, -0.15) is 0 Å². The molecule has 1 heterocycles. The molecule has 1 unspecified atom stereocenters. The molecule has 0 aliphatic carbocycles. The van der Waals surface area contributed by atoms with Gasteiger partial charge >= 0.3 is 0 Å². The van der Waals surface area contributed by atoms with Crippen molar-refractivity contribution in [2.75, 3.05) is 19.7 Å². The Morgan fingerprint density at radius 2 is 2.09 bits per heavy atom. The molecular formula is C9H19NO. The molecule has 0 saturated carbocycles. The minimum Gasteiger partial charge on any atom is -0.396 e. The highest BCUT2D eigenvalue weighted by molar-refractivity contribution is 4.74. The van der Waals surface area contributed by atoms with E-state index in [0.29, 0.717) is 12.5 Å². The lowest BCUT2D eigenvalue weighted by atomic mass is 9.84. The molecule has 1 atom stereocenters. The van der Waals surface area contributed by atoms with E-state index in [1.165, 1.54) is 12.8 Å². The van der Waals surface area contributed by atoms with Crippen molar-refractivity contribution in [3.05, 3.63) is 0 Å². The maximum absolute atomic E-state index is 9.06. The van der Waals surface area contributed by atoms with Crippen LogP contribution in [0.3, 0.4) is 0 Å². The molecule has 11 heavy (non-hydrogen) atoms. The van der Waals surface area contributed by atoms with E-state index >= 15 is 0 Å². The summed E-state index contributed by atoms with van der Waals surface area (Å²) in [5.74, 6) is 1.32. The molecule has 2 heteroatoms. The third-order valence-electron chi connectivity index (χ3n) is 2.81. The monoisotopic (exact) mass is 157 g/mol. The van der Waals surface area contributed by atoms with Crippen LogP contribution in [0.25, 0.3) is 0 Å². The second-order valence-electron chi connectivity index (χ2n) is 3.44. The van der Waals surface area contributed by atoms with Crippen LogP contribution < -0.4 is 5.32 Å². The summed E-state index contributed by atoms with van der Waals surface area (Å²) in [5, 5.41) is 12.4. The van der Waals surface area contributed by atoms with E-state index in [0.717, 1.165) is 25.4 Å². The van der Waals surface area contributed by atoms with E-state index in [1.54, 1.807) is 0 Å². The van der Waals surface area contributed by atoms with E-state index < -0.39 is 0 Å². The topological polar surface area (TPSA) is 32.3 Å². The van der Waals surface area contributed by atoms with E-state index in [2.05, 4.69) is 12.2 Å². The van der Waals surface area contributed by atoms with Crippen LogP contribution in [0.1, 0.15) is 26.2 Å². The Labute approximate surface area is 69.0 Å². The van der Waals surface area contributed by atoms with Crippen LogP contribution in [-0.4, -0.2) is 24.8 Å². The summed E-state index contributed by atoms with van der Waals surface area (Å²) in [6.45, 7) is 4.83. The lowest BCUT2D eigenvalue weighted by Gasteiger charge is -2.28. The van der Waals surface area contributed by atoms with Crippen LogP contribution in [0, 0.1) is 11.8 Å². The summed E-state index contributed by atoms with van der Waals surface area (Å²) in [6.07, 6.45) is 3.62. The molecule has 2 nitrogen and oxygen atoms in total. The van der Waals surface area contributed by atoms with Crippen LogP contribution in [0.2, 0.25) is 0 Å². The summed E-state index contributed by atoms with van der Waals surface area (Å²) in [7, 11) is 0. The minimum absolute atomic E-state index is 0.376. The van der Waals surface area contributed by atoms with Crippen LogP contribution in [-0.2, 0) is 0 Å². The summed E-state index contributed by atoms with van der Waals surface area (Å²) in [4.78, 5) is 0. The van der Waals surface area contributed by atoms with Gasteiger partial charge in [0.15, 0.2) is 0 Å².